The molecule has 10 heteroatoms. The summed E-state index contributed by atoms with van der Waals surface area (Å²) in [6.45, 7) is 2.75. The average molecular weight is 458 g/mol. The Morgan fingerprint density at radius 2 is 1.97 bits per heavy atom. The number of nitriles is 1. The fourth-order valence-electron chi connectivity index (χ4n) is 3.37. The molecule has 32 heavy (non-hydrogen) atoms. The van der Waals surface area contributed by atoms with Gasteiger partial charge >= 0.3 is 5.97 Å². The lowest BCUT2D eigenvalue weighted by Gasteiger charge is -2.22. The van der Waals surface area contributed by atoms with E-state index >= 15 is 0 Å². The van der Waals surface area contributed by atoms with Crippen LogP contribution in [0.4, 0.5) is 5.69 Å². The van der Waals surface area contributed by atoms with Gasteiger partial charge in [-0.3, -0.25) is 9.59 Å². The molecular formula is C22H23N3O6S. The summed E-state index contributed by atoms with van der Waals surface area (Å²) in [7, 11) is -4.06. The molecule has 2 N–H and O–H groups in total. The van der Waals surface area contributed by atoms with E-state index in [1.807, 2.05) is 13.0 Å². The molecule has 0 aliphatic carbocycles. The second-order valence-electron chi connectivity index (χ2n) is 7.57. The third-order valence-electron chi connectivity index (χ3n) is 5.21. The SMILES string of the molecule is Cc1ccc(S(=O)(=O)N2CC(O)CC2C(=O)OCC(=O)Nc2cccc(C#N)c2)cc1C. The first kappa shape index (κ1) is 23.4. The lowest BCUT2D eigenvalue weighted by atomic mass is 10.1. The molecule has 0 bridgehead atoms. The number of amides is 1. The molecule has 1 aliphatic heterocycles. The van der Waals surface area contributed by atoms with Crippen LogP contribution in [0.5, 0.6) is 0 Å². The second kappa shape index (κ2) is 9.48. The van der Waals surface area contributed by atoms with Crippen LogP contribution in [0.2, 0.25) is 0 Å². The van der Waals surface area contributed by atoms with Crippen LogP contribution in [-0.2, 0) is 24.3 Å². The molecule has 0 radical (unpaired) electrons. The van der Waals surface area contributed by atoms with Gasteiger partial charge in [-0.2, -0.15) is 9.57 Å². The van der Waals surface area contributed by atoms with Crippen LogP contribution in [0.1, 0.15) is 23.1 Å². The van der Waals surface area contributed by atoms with Gasteiger partial charge in [-0.15, -0.1) is 0 Å². The maximum absolute atomic E-state index is 13.1. The molecule has 1 amide bonds. The summed E-state index contributed by atoms with van der Waals surface area (Å²) in [5.74, 6) is -1.56. The fraction of sp³-hybridized carbons (Fsp3) is 0.318. The number of hydrogen-bond acceptors (Lipinski definition) is 7. The molecule has 3 rings (SSSR count). The number of nitrogens with one attached hydrogen (secondary N) is 1. The van der Waals surface area contributed by atoms with Crippen molar-refractivity contribution < 1.29 is 27.9 Å². The van der Waals surface area contributed by atoms with Crippen molar-refractivity contribution in [2.24, 2.45) is 0 Å². The van der Waals surface area contributed by atoms with Gasteiger partial charge in [0.1, 0.15) is 6.04 Å². The molecule has 1 fully saturated rings. The van der Waals surface area contributed by atoms with Crippen LogP contribution in [0, 0.1) is 25.2 Å². The van der Waals surface area contributed by atoms with E-state index in [1.54, 1.807) is 31.2 Å². The number of benzene rings is 2. The molecule has 1 saturated heterocycles. The monoisotopic (exact) mass is 457 g/mol. The first-order chi connectivity index (χ1) is 15.1. The molecule has 2 aromatic rings. The second-order valence-corrected chi connectivity index (χ2v) is 9.47. The highest BCUT2D eigenvalue weighted by Gasteiger charge is 2.44. The summed E-state index contributed by atoms with van der Waals surface area (Å²) in [5.41, 5.74) is 2.42. The molecule has 168 valence electrons. The van der Waals surface area contributed by atoms with Crippen molar-refractivity contribution in [3.63, 3.8) is 0 Å². The van der Waals surface area contributed by atoms with Crippen molar-refractivity contribution in [3.8, 4) is 6.07 Å². The Labute approximate surface area is 186 Å². The summed E-state index contributed by atoms with van der Waals surface area (Å²) in [6.07, 6.45) is -1.16. The molecular weight excluding hydrogens is 434 g/mol. The molecule has 1 aliphatic rings. The maximum atomic E-state index is 13.1. The van der Waals surface area contributed by atoms with Crippen LogP contribution >= 0.6 is 0 Å². The average Bonchev–Trinajstić information content (AvgIpc) is 3.16. The molecule has 1 heterocycles. The Hall–Kier alpha value is -3.26. The smallest absolute Gasteiger partial charge is 0.325 e. The lowest BCUT2D eigenvalue weighted by molar-refractivity contribution is -0.150. The standard InChI is InChI=1S/C22H23N3O6S/c1-14-6-7-19(8-15(14)2)32(29,30)25-12-18(26)10-20(25)22(28)31-13-21(27)24-17-5-3-4-16(9-17)11-23/h3-9,18,20,26H,10,12-13H2,1-2H3,(H,24,27). The predicted molar refractivity (Wildman–Crippen MR) is 115 cm³/mol. The number of hydrogen-bond donors (Lipinski definition) is 2. The van der Waals surface area contributed by atoms with Gasteiger partial charge in [-0.25, -0.2) is 8.42 Å². The summed E-state index contributed by atoms with van der Waals surface area (Å²) in [6, 6.07) is 11.6. The van der Waals surface area contributed by atoms with Crippen molar-refractivity contribution in [1.82, 2.24) is 4.31 Å². The minimum absolute atomic E-state index is 0.0163. The van der Waals surface area contributed by atoms with Crippen LogP contribution in [-0.4, -0.2) is 55.0 Å². The Kier molecular flexibility index (Phi) is 6.93. The van der Waals surface area contributed by atoms with Crippen LogP contribution in [0.3, 0.4) is 0 Å². The summed E-state index contributed by atoms with van der Waals surface area (Å²) in [5, 5.41) is 21.4. The number of anilines is 1. The predicted octanol–water partition coefficient (Wildman–Crippen LogP) is 1.48. The molecule has 2 unspecified atom stereocenters. The summed E-state index contributed by atoms with van der Waals surface area (Å²) < 4.78 is 32.1. The van der Waals surface area contributed by atoms with Gasteiger partial charge in [0.15, 0.2) is 6.61 Å². The largest absolute Gasteiger partial charge is 0.454 e. The van der Waals surface area contributed by atoms with E-state index in [-0.39, 0.29) is 17.9 Å². The van der Waals surface area contributed by atoms with E-state index in [0.29, 0.717) is 11.3 Å². The maximum Gasteiger partial charge on any atom is 0.325 e. The quantitative estimate of drug-likeness (QED) is 0.627. The third-order valence-corrected chi connectivity index (χ3v) is 7.08. The Balaban J connectivity index is 1.68. The van der Waals surface area contributed by atoms with Gasteiger partial charge in [0.2, 0.25) is 10.0 Å². The minimum Gasteiger partial charge on any atom is -0.454 e. The van der Waals surface area contributed by atoms with E-state index in [1.165, 1.54) is 18.2 Å². The lowest BCUT2D eigenvalue weighted by Crippen LogP contribution is -2.42. The van der Waals surface area contributed by atoms with E-state index < -0.39 is 40.7 Å². The number of ether oxygens (including phenoxy) is 1. The van der Waals surface area contributed by atoms with Crippen LogP contribution < -0.4 is 5.32 Å². The summed E-state index contributed by atoms with van der Waals surface area (Å²) >= 11 is 0. The number of β-amino-alcohol motifs (C(OH)–C–C–N with tert-alkyl or cyclic N) is 1. The first-order valence-electron chi connectivity index (χ1n) is 9.85. The highest BCUT2D eigenvalue weighted by Crippen LogP contribution is 2.28. The number of esters is 1. The number of carbonyl (C=O) groups excluding carboxylic acids is 2. The number of sulfonamides is 1. The third kappa shape index (κ3) is 5.13. The van der Waals surface area contributed by atoms with Crippen LogP contribution in [0.15, 0.2) is 47.4 Å². The summed E-state index contributed by atoms with van der Waals surface area (Å²) in [4.78, 5) is 24.7. The number of aryl methyl sites for hydroxylation is 2. The van der Waals surface area contributed by atoms with E-state index in [4.69, 9.17) is 10.00 Å². The van der Waals surface area contributed by atoms with Gasteiger partial charge in [0.25, 0.3) is 5.91 Å². The molecule has 0 aromatic heterocycles. The van der Waals surface area contributed by atoms with E-state index in [2.05, 4.69) is 5.32 Å². The molecule has 9 nitrogen and oxygen atoms in total. The number of aliphatic hydroxyl groups is 1. The fourth-order valence-corrected chi connectivity index (χ4v) is 5.08. The number of nitrogens with zero attached hydrogens (tertiary/aromatic N) is 2. The Bertz CT molecular complexity index is 1190. The minimum atomic E-state index is -4.06. The van der Waals surface area contributed by atoms with E-state index in [9.17, 15) is 23.1 Å². The van der Waals surface area contributed by atoms with Crippen molar-refractivity contribution in [1.29, 1.82) is 5.26 Å². The van der Waals surface area contributed by atoms with Gasteiger partial charge < -0.3 is 15.2 Å². The number of carbonyl (C=O) groups is 2. The topological polar surface area (TPSA) is 137 Å². The molecule has 0 spiro atoms. The number of aliphatic hydroxyl groups excluding tert-OH is 1. The van der Waals surface area contributed by atoms with Gasteiger partial charge in [0.05, 0.1) is 22.6 Å². The zero-order valence-corrected chi connectivity index (χ0v) is 18.4. The highest BCUT2D eigenvalue weighted by atomic mass is 32.2. The normalized spacial score (nSPS) is 18.7. The molecule has 2 atom stereocenters. The highest BCUT2D eigenvalue weighted by molar-refractivity contribution is 7.89. The van der Waals surface area contributed by atoms with Gasteiger partial charge in [-0.05, 0) is 55.3 Å². The van der Waals surface area contributed by atoms with Crippen LogP contribution in [0.25, 0.3) is 0 Å². The Morgan fingerprint density at radius 3 is 2.66 bits per heavy atom. The van der Waals surface area contributed by atoms with Gasteiger partial charge in [-0.1, -0.05) is 12.1 Å². The first-order valence-corrected chi connectivity index (χ1v) is 11.3. The number of rotatable bonds is 6. The molecule has 2 aromatic carbocycles. The van der Waals surface area contributed by atoms with Crippen molar-refractivity contribution in [3.05, 3.63) is 59.2 Å². The molecule has 0 saturated carbocycles. The van der Waals surface area contributed by atoms with Crippen molar-refractivity contribution in [2.75, 3.05) is 18.5 Å². The Morgan fingerprint density at radius 1 is 1.22 bits per heavy atom. The van der Waals surface area contributed by atoms with Crippen molar-refractivity contribution in [2.45, 2.75) is 37.3 Å². The van der Waals surface area contributed by atoms with E-state index in [0.717, 1.165) is 15.4 Å². The van der Waals surface area contributed by atoms with Gasteiger partial charge in [0, 0.05) is 18.7 Å². The zero-order chi connectivity index (χ0) is 23.5. The van der Waals surface area contributed by atoms with Crippen molar-refractivity contribution >= 4 is 27.6 Å². The zero-order valence-electron chi connectivity index (χ0n) is 17.6.